The van der Waals surface area contributed by atoms with Crippen LogP contribution in [-0.2, 0) is 36.3 Å². The maximum atomic E-state index is 11.6. The van der Waals surface area contributed by atoms with Gasteiger partial charge in [-0.3, -0.25) is 4.52 Å². The topological polar surface area (TPSA) is 251 Å². The molecule has 4 unspecified atom stereocenters. The summed E-state index contributed by atoms with van der Waals surface area (Å²) in [6, 6.07) is 0.586. The Labute approximate surface area is 152 Å². The molecular formula is C7H12BN4O12P3. The summed E-state index contributed by atoms with van der Waals surface area (Å²) in [6.07, 6.45) is -3.79. The number of hydrogen-bond donors (Lipinski definition) is 4. The van der Waals surface area contributed by atoms with Crippen LogP contribution in [-0.4, -0.2) is 58.5 Å². The summed E-state index contributed by atoms with van der Waals surface area (Å²) in [5.41, 5.74) is 8.30. The Bertz CT molecular complexity index is 763. The van der Waals surface area contributed by atoms with Gasteiger partial charge in [-0.05, 0) is 17.1 Å². The second-order valence-corrected chi connectivity index (χ2v) is 9.12. The van der Waals surface area contributed by atoms with E-state index >= 15 is 0 Å². The lowest BCUT2D eigenvalue weighted by molar-refractivity contribution is -0.0508. The number of nitriles is 1. The van der Waals surface area contributed by atoms with Gasteiger partial charge in [-0.25, -0.2) is 13.7 Å². The first-order valence-corrected chi connectivity index (χ1v) is 11.1. The number of nitrogens with zero attached hydrogens (tertiary/aromatic N) is 4. The van der Waals surface area contributed by atoms with E-state index in [0.29, 0.717) is 0 Å². The van der Waals surface area contributed by atoms with Crippen LogP contribution in [0.25, 0.3) is 10.4 Å². The van der Waals surface area contributed by atoms with Crippen LogP contribution in [0.4, 0.5) is 0 Å². The van der Waals surface area contributed by atoms with Gasteiger partial charge >= 0.3 is 23.5 Å². The van der Waals surface area contributed by atoms with E-state index in [2.05, 4.69) is 23.2 Å². The first kappa shape index (κ1) is 24.2. The van der Waals surface area contributed by atoms with E-state index in [4.69, 9.17) is 42.8 Å². The Hall–Kier alpha value is -0.805. The normalized spacial score (nSPS) is 28.3. The Kier molecular flexibility index (Phi) is 8.62. The molecule has 6 atom stereocenters. The van der Waals surface area contributed by atoms with Gasteiger partial charge in [0.1, 0.15) is 20.0 Å². The van der Waals surface area contributed by atoms with E-state index in [9.17, 15) is 18.6 Å². The molecule has 1 aliphatic rings. The lowest BCUT2D eigenvalue weighted by Crippen LogP contribution is -2.31. The van der Waals surface area contributed by atoms with Crippen LogP contribution in [0.3, 0.4) is 0 Å². The van der Waals surface area contributed by atoms with Gasteiger partial charge in [-0.1, -0.05) is 0 Å². The summed E-state index contributed by atoms with van der Waals surface area (Å²) in [5, 5.41) is 11.8. The summed E-state index contributed by atoms with van der Waals surface area (Å²) in [4.78, 5) is 37.6. The van der Waals surface area contributed by atoms with Gasteiger partial charge in [0.05, 0.1) is 12.7 Å². The van der Waals surface area contributed by atoms with Crippen molar-refractivity contribution in [3.8, 4) is 6.07 Å². The first-order chi connectivity index (χ1) is 12.3. The molecule has 20 heteroatoms. The van der Waals surface area contributed by atoms with E-state index in [0.717, 1.165) is 0 Å². The summed E-state index contributed by atoms with van der Waals surface area (Å²) in [7, 11) is -11.0. The monoisotopic (exact) mass is 448 g/mol. The molecule has 0 amide bonds. The van der Waals surface area contributed by atoms with Crippen molar-refractivity contribution in [2.45, 2.75) is 30.9 Å². The quantitative estimate of drug-likeness (QED) is 0.114. The van der Waals surface area contributed by atoms with Crippen LogP contribution in [0, 0.1) is 11.3 Å². The predicted octanol–water partition coefficient (Wildman–Crippen LogP) is 0.158. The second-order valence-electron chi connectivity index (χ2n) is 4.70. The zero-order chi connectivity index (χ0) is 20.9. The number of hydrogen-bond acceptors (Lipinski definition) is 10. The molecule has 4 N–H and O–H groups in total. The highest BCUT2D eigenvalue weighted by atomic mass is 31.3. The van der Waals surface area contributed by atoms with Crippen molar-refractivity contribution < 1.29 is 55.9 Å². The molecule has 0 bridgehead atoms. The molecule has 0 aromatic carbocycles. The summed E-state index contributed by atoms with van der Waals surface area (Å²) in [6.45, 7) is -0.823. The molecule has 1 fully saturated rings. The molecule has 0 aromatic rings. The van der Waals surface area contributed by atoms with E-state index in [1.807, 2.05) is 0 Å². The van der Waals surface area contributed by atoms with Gasteiger partial charge in [0.2, 0.25) is 6.23 Å². The lowest BCUT2D eigenvalue weighted by Gasteiger charge is -2.21. The number of phosphoric ester groups is 1. The minimum Gasteiger partial charge on any atom is -0.380 e. The third kappa shape index (κ3) is 9.29. The van der Waals surface area contributed by atoms with Crippen LogP contribution in [0.5, 0.6) is 0 Å². The highest BCUT2D eigenvalue weighted by Crippen LogP contribution is 2.66. The van der Waals surface area contributed by atoms with Crippen molar-refractivity contribution in [2.24, 2.45) is 5.11 Å². The minimum atomic E-state index is -5.66. The Balaban J connectivity index is 2.71. The number of azide groups is 1. The molecule has 27 heavy (non-hydrogen) atoms. The average Bonchev–Trinajstić information content (AvgIpc) is 2.80. The number of phosphoric acid groups is 3. The van der Waals surface area contributed by atoms with Crippen molar-refractivity contribution in [1.82, 2.24) is 0 Å². The van der Waals surface area contributed by atoms with Crippen LogP contribution in [0.2, 0.25) is 0 Å². The molecule has 0 saturated carbocycles. The predicted molar refractivity (Wildman–Crippen MR) is 82.3 cm³/mol. The highest BCUT2D eigenvalue weighted by Gasteiger charge is 2.42. The molecule has 1 aliphatic heterocycles. The van der Waals surface area contributed by atoms with Crippen molar-refractivity contribution in [3.63, 3.8) is 0 Å². The maximum Gasteiger partial charge on any atom is 0.490 e. The zero-order valence-electron chi connectivity index (χ0n) is 13.0. The van der Waals surface area contributed by atoms with Gasteiger partial charge in [0.25, 0.3) is 0 Å². The van der Waals surface area contributed by atoms with Crippen molar-refractivity contribution in [1.29, 1.82) is 5.26 Å². The molecule has 0 aliphatic carbocycles. The van der Waals surface area contributed by atoms with Gasteiger partial charge in [0.15, 0.2) is 0 Å². The molecule has 16 nitrogen and oxygen atoms in total. The largest absolute Gasteiger partial charge is 0.490 e. The third-order valence-corrected chi connectivity index (χ3v) is 6.42. The SMILES string of the molecule is [B][C@H]1CC(OC(C#N)N=[N+]=[N-])[C@@H](COP(=O)(O)OP(=O)(O)OP(=O)(O)O)O1. The van der Waals surface area contributed by atoms with Crippen molar-refractivity contribution in [3.05, 3.63) is 10.4 Å². The fourth-order valence-corrected chi connectivity index (χ4v) is 4.83. The Morgan fingerprint density at radius 3 is 2.44 bits per heavy atom. The van der Waals surface area contributed by atoms with Gasteiger partial charge < -0.3 is 29.0 Å². The van der Waals surface area contributed by atoms with E-state index in [1.165, 1.54) is 6.07 Å². The maximum absolute atomic E-state index is 11.6. The number of rotatable bonds is 10. The van der Waals surface area contributed by atoms with Gasteiger partial charge in [-0.15, -0.1) is 0 Å². The number of ether oxygens (including phenoxy) is 2. The summed E-state index contributed by atoms with van der Waals surface area (Å²) in [5.74, 6) is 0. The van der Waals surface area contributed by atoms with Gasteiger partial charge in [0, 0.05) is 10.9 Å². The van der Waals surface area contributed by atoms with E-state index in [1.54, 1.807) is 0 Å². The Morgan fingerprint density at radius 2 is 1.93 bits per heavy atom. The molecule has 150 valence electrons. The molecule has 1 heterocycles. The lowest BCUT2D eigenvalue weighted by atomic mass is 9.96. The van der Waals surface area contributed by atoms with Crippen molar-refractivity contribution in [2.75, 3.05) is 6.61 Å². The van der Waals surface area contributed by atoms with Crippen LogP contribution in [0.1, 0.15) is 6.42 Å². The minimum absolute atomic E-state index is 0.0243. The molecular weight excluding hydrogens is 436 g/mol. The zero-order valence-corrected chi connectivity index (χ0v) is 15.7. The fraction of sp³-hybridized carbons (Fsp3) is 0.857. The second kappa shape index (κ2) is 9.60. The molecule has 0 aromatic heterocycles. The fourth-order valence-electron chi connectivity index (χ4n) is 1.81. The standard InChI is InChI=1S/C7H12BN4O12P3/c8-6-1-4(22-7(2-9)11-12-10)5(21-6)3-20-26(16,17)24-27(18,19)23-25(13,14)15/h4-7H,1,3H2,(H,16,17)(H,18,19)(H2,13,14,15)/t4?,5-,6-,7?/m1/s1. The average molecular weight is 448 g/mol. The van der Waals surface area contributed by atoms with E-state index in [-0.39, 0.29) is 6.42 Å². The van der Waals surface area contributed by atoms with Gasteiger partial charge in [-0.2, -0.15) is 13.9 Å². The third-order valence-electron chi connectivity index (χ3n) is 2.62. The molecule has 1 saturated heterocycles. The molecule has 2 radical (unpaired) electrons. The van der Waals surface area contributed by atoms with Crippen LogP contribution in [0.15, 0.2) is 5.11 Å². The summed E-state index contributed by atoms with van der Waals surface area (Å²) < 4.78 is 55.1. The molecule has 0 spiro atoms. The van der Waals surface area contributed by atoms with Crippen LogP contribution >= 0.6 is 23.5 Å². The van der Waals surface area contributed by atoms with Crippen molar-refractivity contribution >= 4 is 31.3 Å². The van der Waals surface area contributed by atoms with Crippen LogP contribution < -0.4 is 0 Å². The smallest absolute Gasteiger partial charge is 0.380 e. The molecule has 1 rings (SSSR count). The summed E-state index contributed by atoms with van der Waals surface area (Å²) >= 11 is 0. The Morgan fingerprint density at radius 1 is 1.30 bits per heavy atom. The van der Waals surface area contributed by atoms with E-state index < -0.39 is 54.5 Å². The highest BCUT2D eigenvalue weighted by molar-refractivity contribution is 7.66. The first-order valence-electron chi connectivity index (χ1n) is 6.55.